The zero-order chi connectivity index (χ0) is 11.3. The van der Waals surface area contributed by atoms with E-state index >= 15 is 0 Å². The summed E-state index contributed by atoms with van der Waals surface area (Å²) in [4.78, 5) is 6.55. The van der Waals surface area contributed by atoms with Gasteiger partial charge in [0.1, 0.15) is 5.75 Å². The summed E-state index contributed by atoms with van der Waals surface area (Å²) in [6, 6.07) is 4.06. The molecule has 0 aliphatic carbocycles. The van der Waals surface area contributed by atoms with E-state index in [9.17, 15) is 5.11 Å². The van der Waals surface area contributed by atoms with Crippen LogP contribution in [0.2, 0.25) is 0 Å². The van der Waals surface area contributed by atoms with Gasteiger partial charge in [0.25, 0.3) is 0 Å². The number of nitrogens with zero attached hydrogens (tertiary/aromatic N) is 3. The van der Waals surface area contributed by atoms with Gasteiger partial charge >= 0.3 is 0 Å². The molecule has 0 bridgehead atoms. The zero-order valence-corrected chi connectivity index (χ0v) is 9.51. The van der Waals surface area contributed by atoms with Gasteiger partial charge in [-0.3, -0.25) is 0 Å². The number of hydrogen-bond acceptors (Lipinski definition) is 3. The minimum Gasteiger partial charge on any atom is -0.508 e. The fourth-order valence-corrected chi connectivity index (χ4v) is 2.47. The van der Waals surface area contributed by atoms with E-state index in [4.69, 9.17) is 0 Å². The molecule has 0 fully saturated rings. The van der Waals surface area contributed by atoms with Crippen LogP contribution in [0.5, 0.6) is 5.75 Å². The Labute approximate surface area is 94.1 Å². The van der Waals surface area contributed by atoms with E-state index < -0.39 is 0 Å². The van der Waals surface area contributed by atoms with Crippen molar-refractivity contribution in [3.05, 3.63) is 24.0 Å². The van der Waals surface area contributed by atoms with Crippen LogP contribution in [0.3, 0.4) is 0 Å². The summed E-state index contributed by atoms with van der Waals surface area (Å²) in [5, 5.41) is 9.64. The van der Waals surface area contributed by atoms with Crippen LogP contribution >= 0.6 is 0 Å². The number of phenolic OH excluding ortho intramolecular Hbond substituents is 1. The number of aromatic nitrogens is 2. The molecular formula is C12H15N3O. The summed E-state index contributed by atoms with van der Waals surface area (Å²) >= 11 is 0. The molecule has 4 nitrogen and oxygen atoms in total. The molecule has 1 aromatic heterocycles. The second-order valence-corrected chi connectivity index (χ2v) is 4.69. The average Bonchev–Trinajstić information content (AvgIpc) is 2.62. The molecule has 2 aromatic rings. The fraction of sp³-hybridized carbons (Fsp3) is 0.417. The first-order valence-corrected chi connectivity index (χ1v) is 5.48. The van der Waals surface area contributed by atoms with Crippen molar-refractivity contribution < 1.29 is 5.11 Å². The highest BCUT2D eigenvalue weighted by atomic mass is 16.3. The van der Waals surface area contributed by atoms with Gasteiger partial charge in [0.2, 0.25) is 0 Å². The largest absolute Gasteiger partial charge is 0.508 e. The molecule has 1 aromatic carbocycles. The lowest BCUT2D eigenvalue weighted by atomic mass is 9.99. The Morgan fingerprint density at radius 1 is 1.44 bits per heavy atom. The van der Waals surface area contributed by atoms with E-state index in [0.29, 0.717) is 11.8 Å². The third-order valence-electron chi connectivity index (χ3n) is 3.37. The Morgan fingerprint density at radius 3 is 3.00 bits per heavy atom. The quantitative estimate of drug-likeness (QED) is 0.781. The predicted octanol–water partition coefficient (Wildman–Crippen LogP) is 1.23. The molecule has 3 rings (SSSR count). The number of hydrogen-bond donors (Lipinski definition) is 1. The van der Waals surface area contributed by atoms with Gasteiger partial charge in [-0.1, -0.05) is 0 Å². The van der Waals surface area contributed by atoms with E-state index in [2.05, 4.69) is 28.5 Å². The maximum absolute atomic E-state index is 9.64. The number of phenols is 1. The Bertz CT molecular complexity index is 544. The molecule has 1 unspecified atom stereocenters. The summed E-state index contributed by atoms with van der Waals surface area (Å²) in [6.45, 7) is 0.973. The Hall–Kier alpha value is -1.55. The van der Waals surface area contributed by atoms with E-state index in [0.717, 1.165) is 18.5 Å². The zero-order valence-electron chi connectivity index (χ0n) is 9.51. The van der Waals surface area contributed by atoms with Crippen molar-refractivity contribution in [2.75, 3.05) is 14.1 Å². The van der Waals surface area contributed by atoms with Crippen LogP contribution in [0.1, 0.15) is 5.56 Å². The molecule has 1 atom stereocenters. The van der Waals surface area contributed by atoms with Gasteiger partial charge in [-0.15, -0.1) is 0 Å². The first kappa shape index (κ1) is 9.66. The van der Waals surface area contributed by atoms with Crippen molar-refractivity contribution in [3.63, 3.8) is 0 Å². The molecule has 0 radical (unpaired) electrons. The first-order chi connectivity index (χ1) is 7.65. The van der Waals surface area contributed by atoms with Crippen LogP contribution in [-0.2, 0) is 13.0 Å². The SMILES string of the molecule is CN(C)C1Cc2cc(O)cc3ncn(c23)C1. The molecule has 0 saturated heterocycles. The number of imidazole rings is 1. The maximum Gasteiger partial charge on any atom is 0.118 e. The van der Waals surface area contributed by atoms with Crippen molar-refractivity contribution in [2.24, 2.45) is 0 Å². The second-order valence-electron chi connectivity index (χ2n) is 4.69. The third-order valence-corrected chi connectivity index (χ3v) is 3.37. The van der Waals surface area contributed by atoms with E-state index in [1.54, 1.807) is 6.07 Å². The van der Waals surface area contributed by atoms with Crippen molar-refractivity contribution in [2.45, 2.75) is 19.0 Å². The van der Waals surface area contributed by atoms with Gasteiger partial charge in [0, 0.05) is 18.7 Å². The van der Waals surface area contributed by atoms with Crippen LogP contribution < -0.4 is 0 Å². The molecule has 1 aliphatic rings. The van der Waals surface area contributed by atoms with Gasteiger partial charge < -0.3 is 14.6 Å². The molecule has 0 saturated carbocycles. The molecule has 84 valence electrons. The molecule has 16 heavy (non-hydrogen) atoms. The maximum atomic E-state index is 9.64. The van der Waals surface area contributed by atoms with Crippen molar-refractivity contribution in [1.29, 1.82) is 0 Å². The normalized spacial score (nSPS) is 19.6. The topological polar surface area (TPSA) is 41.3 Å². The third kappa shape index (κ3) is 1.30. The summed E-state index contributed by atoms with van der Waals surface area (Å²) in [5.41, 5.74) is 3.26. The smallest absolute Gasteiger partial charge is 0.118 e. The highest BCUT2D eigenvalue weighted by Crippen LogP contribution is 2.29. The Morgan fingerprint density at radius 2 is 2.25 bits per heavy atom. The van der Waals surface area contributed by atoms with Crippen LogP contribution in [0.4, 0.5) is 0 Å². The number of rotatable bonds is 1. The summed E-state index contributed by atoms with van der Waals surface area (Å²) in [6.07, 6.45) is 2.84. The molecule has 4 heteroatoms. The minimum absolute atomic E-state index is 0.312. The lowest BCUT2D eigenvalue weighted by molar-refractivity contribution is 0.258. The van der Waals surface area contributed by atoms with Crippen LogP contribution in [-0.4, -0.2) is 39.7 Å². The molecule has 0 spiro atoms. The summed E-state index contributed by atoms with van der Waals surface area (Å²) < 4.78 is 2.18. The molecule has 0 amide bonds. The number of aromatic hydroxyl groups is 1. The lowest BCUT2D eigenvalue weighted by Crippen LogP contribution is -2.36. The fourth-order valence-electron chi connectivity index (χ4n) is 2.47. The predicted molar refractivity (Wildman–Crippen MR) is 62.6 cm³/mol. The van der Waals surface area contributed by atoms with Crippen molar-refractivity contribution in [3.8, 4) is 5.75 Å². The van der Waals surface area contributed by atoms with Crippen molar-refractivity contribution >= 4 is 11.0 Å². The highest BCUT2D eigenvalue weighted by molar-refractivity contribution is 5.81. The van der Waals surface area contributed by atoms with Gasteiger partial charge in [-0.2, -0.15) is 0 Å². The van der Waals surface area contributed by atoms with E-state index in [-0.39, 0.29) is 0 Å². The number of likely N-dealkylation sites (N-methyl/N-ethyl adjacent to an activating group) is 1. The van der Waals surface area contributed by atoms with Gasteiger partial charge in [-0.05, 0) is 32.1 Å². The van der Waals surface area contributed by atoms with Gasteiger partial charge in [-0.25, -0.2) is 4.98 Å². The van der Waals surface area contributed by atoms with Crippen LogP contribution in [0, 0.1) is 0 Å². The standard InChI is InChI=1S/C12H15N3O/c1-14(2)9-3-8-4-10(16)5-11-12(8)15(6-9)7-13-11/h4-5,7,9,16H,3,6H2,1-2H3. The van der Waals surface area contributed by atoms with E-state index in [1.807, 2.05) is 12.4 Å². The monoisotopic (exact) mass is 217 g/mol. The first-order valence-electron chi connectivity index (χ1n) is 5.48. The lowest BCUT2D eigenvalue weighted by Gasteiger charge is -2.29. The highest BCUT2D eigenvalue weighted by Gasteiger charge is 2.23. The average molecular weight is 217 g/mol. The molecular weight excluding hydrogens is 202 g/mol. The Kier molecular flexibility index (Phi) is 1.94. The molecule has 1 N–H and O–H groups in total. The Balaban J connectivity index is 2.18. The summed E-state index contributed by atoms with van der Waals surface area (Å²) in [5.74, 6) is 0.312. The molecule has 1 aliphatic heterocycles. The van der Waals surface area contributed by atoms with Crippen LogP contribution in [0.15, 0.2) is 18.5 Å². The minimum atomic E-state index is 0.312. The van der Waals surface area contributed by atoms with Gasteiger partial charge in [0.05, 0.1) is 17.4 Å². The van der Waals surface area contributed by atoms with E-state index in [1.165, 1.54) is 11.1 Å². The molecule has 2 heterocycles. The van der Waals surface area contributed by atoms with Gasteiger partial charge in [0.15, 0.2) is 0 Å². The summed E-state index contributed by atoms with van der Waals surface area (Å²) in [7, 11) is 4.18. The number of benzene rings is 1. The second kappa shape index (κ2) is 3.22. The van der Waals surface area contributed by atoms with Crippen LogP contribution in [0.25, 0.3) is 11.0 Å². The van der Waals surface area contributed by atoms with Crippen molar-refractivity contribution in [1.82, 2.24) is 14.5 Å².